The van der Waals surface area contributed by atoms with Crippen molar-refractivity contribution in [1.29, 1.82) is 0 Å². The number of nitrogens with one attached hydrogen (secondary N) is 1. The van der Waals surface area contributed by atoms with Crippen molar-refractivity contribution in [1.82, 2.24) is 0 Å². The molecule has 7 nitrogen and oxygen atoms in total. The average molecular weight is 264 g/mol. The number of carbonyl (C=O) groups is 1. The topological polar surface area (TPSA) is 102 Å². The number of rotatable bonds is 4. The largest absolute Gasteiger partial charge is 0.489 e. The molecule has 0 saturated heterocycles. The van der Waals surface area contributed by atoms with E-state index in [2.05, 4.69) is 11.9 Å². The number of benzene rings is 1. The minimum Gasteiger partial charge on any atom is -0.489 e. The minimum absolute atomic E-state index is 0.112. The van der Waals surface area contributed by atoms with Gasteiger partial charge in [0.2, 0.25) is 0 Å². The van der Waals surface area contributed by atoms with Crippen LogP contribution in [0.3, 0.4) is 0 Å². The van der Waals surface area contributed by atoms with Gasteiger partial charge in [-0.15, -0.1) is 6.58 Å². The quantitative estimate of drug-likeness (QED) is 0.490. The molecule has 1 aliphatic heterocycles. The van der Waals surface area contributed by atoms with Crippen LogP contribution < -0.4 is 10.1 Å². The van der Waals surface area contributed by atoms with Crippen molar-refractivity contribution in [3.8, 4) is 5.75 Å². The number of nitro benzene ring substituents is 1. The standard InChI is InChI=1S/C12H12N2O5/c1-2-3-8-6-19-10-5-7(12(15)16)4-9(14(17)18)11(10)13-8/h2,4-5,8,13H,1,3,6H2,(H,15,16)/t8-/m0/s1. The number of ether oxygens (including phenoxy) is 1. The van der Waals surface area contributed by atoms with Crippen LogP contribution in [0.5, 0.6) is 5.75 Å². The smallest absolute Gasteiger partial charge is 0.336 e. The van der Waals surface area contributed by atoms with Crippen molar-refractivity contribution in [3.05, 3.63) is 40.5 Å². The number of fused-ring (bicyclic) bond motifs is 1. The van der Waals surface area contributed by atoms with Gasteiger partial charge in [0.15, 0.2) is 5.69 Å². The molecule has 0 saturated carbocycles. The summed E-state index contributed by atoms with van der Waals surface area (Å²) in [6, 6.07) is 2.19. The van der Waals surface area contributed by atoms with Gasteiger partial charge in [0.25, 0.3) is 5.69 Å². The fourth-order valence-electron chi connectivity index (χ4n) is 1.89. The molecule has 0 amide bonds. The van der Waals surface area contributed by atoms with Crippen molar-refractivity contribution in [3.63, 3.8) is 0 Å². The molecule has 1 heterocycles. The van der Waals surface area contributed by atoms with E-state index in [0.717, 1.165) is 6.07 Å². The second-order valence-electron chi connectivity index (χ2n) is 4.11. The second-order valence-corrected chi connectivity index (χ2v) is 4.11. The van der Waals surface area contributed by atoms with E-state index in [0.29, 0.717) is 13.0 Å². The Morgan fingerprint density at radius 2 is 2.42 bits per heavy atom. The number of aromatic carboxylic acids is 1. The van der Waals surface area contributed by atoms with Crippen molar-refractivity contribution >= 4 is 17.3 Å². The zero-order valence-electron chi connectivity index (χ0n) is 9.96. The first kappa shape index (κ1) is 12.9. The van der Waals surface area contributed by atoms with Gasteiger partial charge in [-0.25, -0.2) is 4.79 Å². The van der Waals surface area contributed by atoms with Gasteiger partial charge in [-0.1, -0.05) is 6.08 Å². The lowest BCUT2D eigenvalue weighted by Gasteiger charge is -2.26. The minimum atomic E-state index is -1.23. The van der Waals surface area contributed by atoms with Crippen LogP contribution in [-0.4, -0.2) is 28.6 Å². The molecule has 0 fully saturated rings. The molecule has 7 heteroatoms. The van der Waals surface area contributed by atoms with Gasteiger partial charge in [0.05, 0.1) is 16.5 Å². The Morgan fingerprint density at radius 3 is 3.00 bits per heavy atom. The lowest BCUT2D eigenvalue weighted by molar-refractivity contribution is -0.384. The number of carboxylic acid groups (broad SMARTS) is 1. The van der Waals surface area contributed by atoms with Crippen LogP contribution in [0.4, 0.5) is 11.4 Å². The van der Waals surface area contributed by atoms with Crippen LogP contribution in [0.15, 0.2) is 24.8 Å². The summed E-state index contributed by atoms with van der Waals surface area (Å²) < 4.78 is 5.39. The summed E-state index contributed by atoms with van der Waals surface area (Å²) in [7, 11) is 0. The first-order valence-corrected chi connectivity index (χ1v) is 5.59. The molecule has 0 spiro atoms. The maximum Gasteiger partial charge on any atom is 0.336 e. The molecule has 2 N–H and O–H groups in total. The number of anilines is 1. The molecule has 19 heavy (non-hydrogen) atoms. The Kier molecular flexibility index (Phi) is 3.37. The Balaban J connectivity index is 2.47. The van der Waals surface area contributed by atoms with Gasteiger partial charge in [-0.3, -0.25) is 10.1 Å². The average Bonchev–Trinajstić information content (AvgIpc) is 2.37. The normalized spacial score (nSPS) is 16.7. The predicted octanol–water partition coefficient (Wildman–Crippen LogP) is 2.04. The molecule has 2 rings (SSSR count). The fraction of sp³-hybridized carbons (Fsp3) is 0.250. The summed E-state index contributed by atoms with van der Waals surface area (Å²) in [6.45, 7) is 3.90. The summed E-state index contributed by atoms with van der Waals surface area (Å²) in [4.78, 5) is 21.3. The fourth-order valence-corrected chi connectivity index (χ4v) is 1.89. The maximum atomic E-state index is 11.0. The van der Waals surface area contributed by atoms with Gasteiger partial charge in [0.1, 0.15) is 12.4 Å². The highest BCUT2D eigenvalue weighted by Gasteiger charge is 2.28. The molecule has 1 aromatic carbocycles. The summed E-state index contributed by atoms with van der Waals surface area (Å²) in [5.74, 6) is -1.05. The van der Waals surface area contributed by atoms with Crippen LogP contribution in [0, 0.1) is 10.1 Å². The molecular formula is C12H12N2O5. The van der Waals surface area contributed by atoms with E-state index in [4.69, 9.17) is 9.84 Å². The highest BCUT2D eigenvalue weighted by atomic mass is 16.6. The van der Waals surface area contributed by atoms with Crippen LogP contribution in [0.2, 0.25) is 0 Å². The first-order chi connectivity index (χ1) is 9.02. The molecule has 0 radical (unpaired) electrons. The van der Waals surface area contributed by atoms with Crippen molar-refractivity contribution in [2.24, 2.45) is 0 Å². The van der Waals surface area contributed by atoms with Gasteiger partial charge in [0, 0.05) is 6.07 Å². The summed E-state index contributed by atoms with van der Waals surface area (Å²) in [5, 5.41) is 22.9. The molecule has 1 atom stereocenters. The van der Waals surface area contributed by atoms with E-state index >= 15 is 0 Å². The van der Waals surface area contributed by atoms with Crippen LogP contribution in [-0.2, 0) is 0 Å². The Hall–Kier alpha value is -2.57. The summed E-state index contributed by atoms with van der Waals surface area (Å²) in [5.41, 5.74) is -0.258. The second kappa shape index (κ2) is 4.97. The zero-order valence-corrected chi connectivity index (χ0v) is 9.96. The van der Waals surface area contributed by atoms with E-state index < -0.39 is 10.9 Å². The molecule has 0 aliphatic carbocycles. The maximum absolute atomic E-state index is 11.0. The van der Waals surface area contributed by atoms with Gasteiger partial charge >= 0.3 is 5.97 Å². The molecule has 0 unspecified atom stereocenters. The van der Waals surface area contributed by atoms with Crippen molar-refractivity contribution in [2.75, 3.05) is 11.9 Å². The lowest BCUT2D eigenvalue weighted by Crippen LogP contribution is -2.31. The zero-order chi connectivity index (χ0) is 14.0. The monoisotopic (exact) mass is 264 g/mol. The van der Waals surface area contributed by atoms with E-state index in [-0.39, 0.29) is 28.7 Å². The van der Waals surface area contributed by atoms with Gasteiger partial charge in [-0.2, -0.15) is 0 Å². The third kappa shape index (κ3) is 2.49. The lowest BCUT2D eigenvalue weighted by atomic mass is 10.1. The number of carboxylic acids is 1. The predicted molar refractivity (Wildman–Crippen MR) is 67.8 cm³/mol. The summed E-state index contributed by atoms with van der Waals surface area (Å²) in [6.07, 6.45) is 2.28. The van der Waals surface area contributed by atoms with E-state index in [1.807, 2.05) is 0 Å². The molecular weight excluding hydrogens is 252 g/mol. The number of nitro groups is 1. The van der Waals surface area contributed by atoms with Crippen LogP contribution in [0.25, 0.3) is 0 Å². The Bertz CT molecular complexity index is 555. The third-order valence-corrected chi connectivity index (χ3v) is 2.76. The Morgan fingerprint density at radius 1 is 1.68 bits per heavy atom. The molecule has 1 aromatic rings. The van der Waals surface area contributed by atoms with E-state index in [1.54, 1.807) is 6.08 Å². The van der Waals surface area contributed by atoms with Crippen LogP contribution >= 0.6 is 0 Å². The number of hydrogen-bond acceptors (Lipinski definition) is 5. The molecule has 0 bridgehead atoms. The van der Waals surface area contributed by atoms with Gasteiger partial charge < -0.3 is 15.2 Å². The van der Waals surface area contributed by atoms with Gasteiger partial charge in [-0.05, 0) is 12.5 Å². The molecule has 1 aliphatic rings. The Labute approximate surface area is 108 Å². The van der Waals surface area contributed by atoms with Crippen molar-refractivity contribution in [2.45, 2.75) is 12.5 Å². The third-order valence-electron chi connectivity index (χ3n) is 2.76. The highest BCUT2D eigenvalue weighted by molar-refractivity contribution is 5.91. The van der Waals surface area contributed by atoms with E-state index in [9.17, 15) is 14.9 Å². The SMILES string of the molecule is C=CC[C@H]1COc2cc(C(=O)O)cc([N+](=O)[O-])c2N1. The van der Waals surface area contributed by atoms with Crippen molar-refractivity contribution < 1.29 is 19.6 Å². The first-order valence-electron chi connectivity index (χ1n) is 5.59. The molecule has 0 aromatic heterocycles. The summed E-state index contributed by atoms with van der Waals surface area (Å²) >= 11 is 0. The van der Waals surface area contributed by atoms with Crippen LogP contribution in [0.1, 0.15) is 16.8 Å². The number of nitrogens with zero attached hydrogens (tertiary/aromatic N) is 1. The number of hydrogen-bond donors (Lipinski definition) is 2. The highest BCUT2D eigenvalue weighted by Crippen LogP contribution is 2.39. The van der Waals surface area contributed by atoms with E-state index in [1.165, 1.54) is 6.07 Å². The molecule has 100 valence electrons.